The number of rotatable bonds is 0. The van der Waals surface area contributed by atoms with E-state index in [1.54, 1.807) is 0 Å². The van der Waals surface area contributed by atoms with Crippen LogP contribution in [0.2, 0.25) is 0 Å². The van der Waals surface area contributed by atoms with Crippen molar-refractivity contribution in [2.45, 2.75) is 0 Å². The summed E-state index contributed by atoms with van der Waals surface area (Å²) in [6.07, 6.45) is 0. The molecule has 0 nitrogen and oxygen atoms in total. The van der Waals surface area contributed by atoms with E-state index in [0.29, 0.717) is 0 Å². The van der Waals surface area contributed by atoms with E-state index in [9.17, 15) is 0 Å². The molecule has 0 fully saturated rings. The first kappa shape index (κ1) is 23.5. The minimum atomic E-state index is 0. The summed E-state index contributed by atoms with van der Waals surface area (Å²) in [5, 5.41) is 0. The van der Waals surface area contributed by atoms with Crippen LogP contribution in [0, 0.1) is 0 Å². The third-order valence-corrected chi connectivity index (χ3v) is 0. The molecule has 0 aliphatic rings. The number of hydrogen-bond acceptors (Lipinski definition) is 0. The number of halogens is 2. The van der Waals surface area contributed by atoms with Gasteiger partial charge in [0.2, 0.25) is 0 Å². The van der Waals surface area contributed by atoms with Crippen LogP contribution in [-0.4, -0.2) is 97.8 Å². The minimum absolute atomic E-state index is 0. The Labute approximate surface area is 144 Å². The van der Waals surface area contributed by atoms with Crippen molar-refractivity contribution in [2.75, 3.05) is 0 Å². The van der Waals surface area contributed by atoms with Gasteiger partial charge >= 0.3 is 97.8 Å². The molecule has 0 spiro atoms. The topological polar surface area (TPSA) is 0 Å². The van der Waals surface area contributed by atoms with Gasteiger partial charge in [0, 0.05) is 0 Å². The molecular weight excluding hydrogens is 528 g/mol. The maximum absolute atomic E-state index is 0. The quantitative estimate of drug-likeness (QED) is 0.216. The van der Waals surface area contributed by atoms with Crippen LogP contribution >= 0.6 is 0 Å². The molecule has 0 aromatic heterocycles. The van der Waals surface area contributed by atoms with Crippen LogP contribution in [0.25, 0.3) is 0 Å². The smallest absolute Gasteiger partial charge is 1.00 e. The summed E-state index contributed by atoms with van der Waals surface area (Å²) in [5.41, 5.74) is 0. The van der Waals surface area contributed by atoms with E-state index in [1.165, 1.54) is 0 Å². The molecule has 0 aliphatic carbocycles. The summed E-state index contributed by atoms with van der Waals surface area (Å²) in [4.78, 5) is 0. The molecule has 0 heterocycles. The molecule has 0 rings (SSSR count). The average molecular weight is 530 g/mol. The second kappa shape index (κ2) is 15.6. The molecule has 0 aromatic rings. The Morgan fingerprint density at radius 3 is 0.750 bits per heavy atom. The van der Waals surface area contributed by atoms with E-state index >= 15 is 0 Å². The van der Waals surface area contributed by atoms with Gasteiger partial charge in [-0.25, -0.2) is 0 Å². The first-order valence-corrected chi connectivity index (χ1v) is 0. The number of hydrogen-bond donors (Lipinski definition) is 0. The first-order chi connectivity index (χ1) is 0. The second-order valence-corrected chi connectivity index (χ2v) is 0. The standard InChI is InChI=1S/2Ba.2HI.2H/h;;2*1H;;/q2*+2;;;2*-1/p-2. The van der Waals surface area contributed by atoms with Crippen LogP contribution in [0.3, 0.4) is 0 Å². The van der Waals surface area contributed by atoms with E-state index < -0.39 is 0 Å². The summed E-state index contributed by atoms with van der Waals surface area (Å²) < 4.78 is 0. The van der Waals surface area contributed by atoms with Crippen LogP contribution < -0.4 is 48.0 Å². The molecule has 0 radical (unpaired) electrons. The van der Waals surface area contributed by atoms with E-state index in [0.717, 1.165) is 0 Å². The van der Waals surface area contributed by atoms with E-state index in [-0.39, 0.29) is 149 Å². The van der Waals surface area contributed by atoms with Gasteiger partial charge in [0.1, 0.15) is 0 Å². The summed E-state index contributed by atoms with van der Waals surface area (Å²) in [6, 6.07) is 0. The third-order valence-electron chi connectivity index (χ3n) is 0. The van der Waals surface area contributed by atoms with Gasteiger partial charge in [0.05, 0.1) is 0 Å². The van der Waals surface area contributed by atoms with Gasteiger partial charge in [-0.1, -0.05) is 0 Å². The fourth-order valence-electron chi connectivity index (χ4n) is 0. The molecule has 0 aromatic carbocycles. The van der Waals surface area contributed by atoms with Crippen molar-refractivity contribution < 1.29 is 50.8 Å². The Hall–Kier alpha value is 4.60. The normalized spacial score (nSPS) is 0. The summed E-state index contributed by atoms with van der Waals surface area (Å²) in [7, 11) is 0. The Morgan fingerprint density at radius 2 is 0.750 bits per heavy atom. The summed E-state index contributed by atoms with van der Waals surface area (Å²) >= 11 is 0. The molecule has 4 heavy (non-hydrogen) atoms. The third kappa shape index (κ3) is 9.78. The van der Waals surface area contributed by atoms with Gasteiger partial charge in [-0.05, 0) is 0 Å². The largest absolute Gasteiger partial charge is 2.00 e. The van der Waals surface area contributed by atoms with Crippen LogP contribution in [-0.2, 0) is 0 Å². The fraction of sp³-hybridized carbons (Fsp3) is 0. The van der Waals surface area contributed by atoms with Gasteiger partial charge in [0.25, 0.3) is 0 Å². The van der Waals surface area contributed by atoms with Crippen molar-refractivity contribution in [3.8, 4) is 0 Å². The van der Waals surface area contributed by atoms with Crippen LogP contribution in [0.1, 0.15) is 2.85 Å². The van der Waals surface area contributed by atoms with Gasteiger partial charge < -0.3 is 50.8 Å². The minimum Gasteiger partial charge on any atom is -1.00 e. The Morgan fingerprint density at radius 1 is 0.750 bits per heavy atom. The summed E-state index contributed by atoms with van der Waals surface area (Å²) in [6.45, 7) is 0. The van der Waals surface area contributed by atoms with Crippen LogP contribution in [0.5, 0.6) is 0 Å². The maximum Gasteiger partial charge on any atom is 2.00 e. The zero-order valence-corrected chi connectivity index (χ0v) is 15.4. The SMILES string of the molecule is [Ba+2].[Ba+2].[H-].[H-].[I-].[I-]. The van der Waals surface area contributed by atoms with Crippen molar-refractivity contribution in [1.29, 1.82) is 0 Å². The first-order valence-electron chi connectivity index (χ1n) is 0. The van der Waals surface area contributed by atoms with Crippen LogP contribution in [0.4, 0.5) is 0 Å². The molecule has 0 aliphatic heterocycles. The Balaban J connectivity index is 0. The monoisotopic (exact) mass is 532 g/mol. The van der Waals surface area contributed by atoms with E-state index in [4.69, 9.17) is 0 Å². The van der Waals surface area contributed by atoms with Gasteiger partial charge in [0.15, 0.2) is 0 Å². The van der Waals surface area contributed by atoms with Crippen molar-refractivity contribution in [3.63, 3.8) is 0 Å². The zero-order chi connectivity index (χ0) is 0. The predicted octanol–water partition coefficient (Wildman–Crippen LogP) is -6.53. The predicted molar refractivity (Wildman–Crippen MR) is 13.7 cm³/mol. The van der Waals surface area contributed by atoms with E-state index in [1.807, 2.05) is 0 Å². The zero-order valence-electron chi connectivity index (χ0n) is 4.17. The molecule has 0 N–H and O–H groups in total. The molecule has 0 saturated heterocycles. The van der Waals surface area contributed by atoms with Crippen molar-refractivity contribution >= 4 is 97.8 Å². The molecule has 20 valence electrons. The Bertz CT molecular complexity index is 9.51. The van der Waals surface area contributed by atoms with Gasteiger partial charge in [-0.15, -0.1) is 0 Å². The van der Waals surface area contributed by atoms with Crippen molar-refractivity contribution in [3.05, 3.63) is 0 Å². The molecule has 0 amide bonds. The average Bonchev–Trinajstić information content (AvgIpc) is 0. The molecule has 0 saturated carbocycles. The Kier molecular flexibility index (Phi) is 91.8. The molecule has 4 heteroatoms. The fourth-order valence-corrected chi connectivity index (χ4v) is 0. The molecule has 0 unspecified atom stereocenters. The molecule has 0 atom stereocenters. The van der Waals surface area contributed by atoms with Gasteiger partial charge in [-0.3, -0.25) is 0 Å². The van der Waals surface area contributed by atoms with Gasteiger partial charge in [-0.2, -0.15) is 0 Å². The van der Waals surface area contributed by atoms with Crippen LogP contribution in [0.15, 0.2) is 0 Å². The van der Waals surface area contributed by atoms with Crippen molar-refractivity contribution in [2.24, 2.45) is 0 Å². The summed E-state index contributed by atoms with van der Waals surface area (Å²) in [5.74, 6) is 0. The van der Waals surface area contributed by atoms with Crippen molar-refractivity contribution in [1.82, 2.24) is 0 Å². The van der Waals surface area contributed by atoms with E-state index in [2.05, 4.69) is 0 Å². The second-order valence-electron chi connectivity index (χ2n) is 0. The maximum atomic E-state index is 0. The molecule has 0 bridgehead atoms. The molecular formula is H2Ba2I2.